The molecule has 0 fully saturated rings. The molecule has 9 heteroatoms. The first-order chi connectivity index (χ1) is 12.8. The van der Waals surface area contributed by atoms with Crippen molar-refractivity contribution in [3.63, 3.8) is 0 Å². The van der Waals surface area contributed by atoms with Gasteiger partial charge in [-0.05, 0) is 30.7 Å². The highest BCUT2D eigenvalue weighted by molar-refractivity contribution is 6.37. The first-order valence-electron chi connectivity index (χ1n) is 8.28. The van der Waals surface area contributed by atoms with Crippen molar-refractivity contribution in [3.05, 3.63) is 28.8 Å². The van der Waals surface area contributed by atoms with Gasteiger partial charge >= 0.3 is 5.97 Å². The fraction of sp³-hybridized carbons (Fsp3) is 0.389. The number of carbonyl (C=O) groups excluding carboxylic acids is 3. The number of amides is 2. The Hall–Kier alpha value is -2.92. The highest BCUT2D eigenvalue weighted by Crippen LogP contribution is 2.23. The average Bonchev–Trinajstić information content (AvgIpc) is 2.65. The smallest absolute Gasteiger partial charge is 0.355 e. The van der Waals surface area contributed by atoms with Gasteiger partial charge in [0.2, 0.25) is 5.91 Å². The fourth-order valence-electron chi connectivity index (χ4n) is 2.46. The van der Waals surface area contributed by atoms with E-state index in [9.17, 15) is 14.4 Å². The highest BCUT2D eigenvalue weighted by Gasteiger charge is 2.25. The molecule has 0 aliphatic carbocycles. The second-order valence-corrected chi connectivity index (χ2v) is 6.33. The summed E-state index contributed by atoms with van der Waals surface area (Å²) in [5.74, 6) is -1.40. The first kappa shape index (κ1) is 20.4. The number of aryl methyl sites for hydroxylation is 1. The van der Waals surface area contributed by atoms with Crippen molar-refractivity contribution >= 4 is 40.8 Å². The topological polar surface area (TPSA) is 103 Å². The minimum Gasteiger partial charge on any atom is -0.451 e. The minimum atomic E-state index is -0.741. The molecule has 2 amide bonds. The van der Waals surface area contributed by atoms with Gasteiger partial charge < -0.3 is 9.64 Å². The maximum atomic E-state index is 12.6. The highest BCUT2D eigenvalue weighted by atomic mass is 35.5. The summed E-state index contributed by atoms with van der Waals surface area (Å²) in [6, 6.07) is 7.04. The molecule has 0 N–H and O–H groups in total. The van der Waals surface area contributed by atoms with E-state index in [0.717, 1.165) is 10.6 Å². The van der Waals surface area contributed by atoms with E-state index in [2.05, 4.69) is 5.10 Å². The maximum absolute atomic E-state index is 12.6. The number of nitriles is 1. The molecular weight excluding hydrogens is 372 g/mol. The van der Waals surface area contributed by atoms with Gasteiger partial charge in [-0.2, -0.15) is 10.4 Å². The van der Waals surface area contributed by atoms with Crippen LogP contribution >= 0.6 is 11.6 Å². The molecule has 2 rings (SSSR count). The number of halogens is 1. The molecular formula is C18H19ClN4O4. The summed E-state index contributed by atoms with van der Waals surface area (Å²) in [4.78, 5) is 37.4. The zero-order chi connectivity index (χ0) is 20.0. The lowest BCUT2D eigenvalue weighted by Crippen LogP contribution is -2.37. The monoisotopic (exact) mass is 390 g/mol. The molecule has 27 heavy (non-hydrogen) atoms. The number of anilines is 1. The molecule has 142 valence electrons. The molecule has 0 aromatic heterocycles. The first-order valence-corrected chi connectivity index (χ1v) is 8.66. The van der Waals surface area contributed by atoms with E-state index in [1.807, 2.05) is 6.07 Å². The number of benzene rings is 1. The van der Waals surface area contributed by atoms with Crippen molar-refractivity contribution in [1.29, 1.82) is 5.26 Å². The van der Waals surface area contributed by atoms with Crippen LogP contribution in [0.3, 0.4) is 0 Å². The van der Waals surface area contributed by atoms with E-state index in [1.54, 1.807) is 25.1 Å². The normalized spacial score (nSPS) is 13.6. The lowest BCUT2D eigenvalue weighted by atomic mass is 10.2. The number of carbonyl (C=O) groups is 3. The van der Waals surface area contributed by atoms with Crippen LogP contribution in [0.5, 0.6) is 0 Å². The third-order valence-corrected chi connectivity index (χ3v) is 4.40. The average molecular weight is 391 g/mol. The Balaban J connectivity index is 2.06. The van der Waals surface area contributed by atoms with Gasteiger partial charge in [0.05, 0.1) is 12.5 Å². The summed E-state index contributed by atoms with van der Waals surface area (Å²) in [5.41, 5.74) is 1.44. The Morgan fingerprint density at radius 1 is 1.41 bits per heavy atom. The molecule has 0 bridgehead atoms. The Bertz CT molecular complexity index is 831. The SMILES string of the molecule is Cc1cc(N(CCC#N)C(=O)COC(=O)C2=NN(C)C(=O)CC2)ccc1Cl. The van der Waals surface area contributed by atoms with Crippen molar-refractivity contribution in [2.45, 2.75) is 26.2 Å². The van der Waals surface area contributed by atoms with Crippen LogP contribution < -0.4 is 4.90 Å². The number of hydrogen-bond acceptors (Lipinski definition) is 6. The maximum Gasteiger partial charge on any atom is 0.355 e. The second-order valence-electron chi connectivity index (χ2n) is 5.93. The van der Waals surface area contributed by atoms with Crippen molar-refractivity contribution in [3.8, 4) is 6.07 Å². The standard InChI is InChI=1S/C18H19ClN4O4/c1-12-10-13(4-5-14(12)19)23(9-3-8-20)17(25)11-27-18(26)15-6-7-16(24)22(2)21-15/h4-5,10H,3,6-7,9,11H2,1-2H3. The quantitative estimate of drug-likeness (QED) is 0.691. The zero-order valence-electron chi connectivity index (χ0n) is 15.1. The molecule has 0 saturated carbocycles. The summed E-state index contributed by atoms with van der Waals surface area (Å²) in [5, 5.41) is 14.3. The second kappa shape index (κ2) is 9.14. The van der Waals surface area contributed by atoms with Crippen LogP contribution in [0, 0.1) is 18.3 Å². The van der Waals surface area contributed by atoms with E-state index in [4.69, 9.17) is 21.6 Å². The molecule has 0 unspecified atom stereocenters. The number of esters is 1. The van der Waals surface area contributed by atoms with E-state index in [-0.39, 0.29) is 37.4 Å². The molecule has 0 radical (unpaired) electrons. The van der Waals surface area contributed by atoms with Gasteiger partial charge in [-0.3, -0.25) is 9.59 Å². The van der Waals surface area contributed by atoms with E-state index in [0.29, 0.717) is 10.7 Å². The van der Waals surface area contributed by atoms with E-state index < -0.39 is 18.5 Å². The predicted octanol–water partition coefficient (Wildman–Crippen LogP) is 2.05. The van der Waals surface area contributed by atoms with Crippen molar-refractivity contribution in [2.75, 3.05) is 25.1 Å². The van der Waals surface area contributed by atoms with Gasteiger partial charge in [0, 0.05) is 37.1 Å². The fourth-order valence-corrected chi connectivity index (χ4v) is 2.58. The zero-order valence-corrected chi connectivity index (χ0v) is 15.8. The van der Waals surface area contributed by atoms with Crippen LogP contribution in [-0.4, -0.2) is 48.7 Å². The number of ether oxygens (including phenoxy) is 1. The van der Waals surface area contributed by atoms with E-state index in [1.165, 1.54) is 11.9 Å². The number of hydrogen-bond donors (Lipinski definition) is 0. The van der Waals surface area contributed by atoms with Crippen molar-refractivity contribution in [1.82, 2.24) is 5.01 Å². The lowest BCUT2D eigenvalue weighted by molar-refractivity contribution is -0.141. The Kier molecular flexibility index (Phi) is 6.91. The summed E-state index contributed by atoms with van der Waals surface area (Å²) >= 11 is 6.01. The lowest BCUT2D eigenvalue weighted by Gasteiger charge is -2.23. The van der Waals surface area contributed by atoms with Gasteiger partial charge in [-0.25, -0.2) is 9.80 Å². The van der Waals surface area contributed by atoms with Crippen LogP contribution in [0.1, 0.15) is 24.8 Å². The van der Waals surface area contributed by atoms with Crippen LogP contribution in [-0.2, 0) is 19.1 Å². The van der Waals surface area contributed by atoms with Crippen LogP contribution in [0.4, 0.5) is 5.69 Å². The summed E-state index contributed by atoms with van der Waals surface area (Å²) < 4.78 is 5.06. The predicted molar refractivity (Wildman–Crippen MR) is 99.2 cm³/mol. The molecule has 1 aromatic carbocycles. The van der Waals surface area contributed by atoms with Crippen molar-refractivity contribution < 1.29 is 19.1 Å². The molecule has 1 aliphatic rings. The largest absolute Gasteiger partial charge is 0.451 e. The molecule has 1 aromatic rings. The van der Waals surface area contributed by atoms with Gasteiger partial charge in [-0.15, -0.1) is 0 Å². The van der Waals surface area contributed by atoms with Gasteiger partial charge in [0.1, 0.15) is 5.71 Å². The van der Waals surface area contributed by atoms with Gasteiger partial charge in [0.15, 0.2) is 6.61 Å². The minimum absolute atomic E-state index is 0.0933. The van der Waals surface area contributed by atoms with Gasteiger partial charge in [0.25, 0.3) is 5.91 Å². The number of hydrazone groups is 1. The van der Waals surface area contributed by atoms with Crippen molar-refractivity contribution in [2.24, 2.45) is 5.10 Å². The van der Waals surface area contributed by atoms with Crippen LogP contribution in [0.15, 0.2) is 23.3 Å². The van der Waals surface area contributed by atoms with Crippen LogP contribution in [0.2, 0.25) is 5.02 Å². The van der Waals surface area contributed by atoms with Gasteiger partial charge in [-0.1, -0.05) is 11.6 Å². The Morgan fingerprint density at radius 3 is 2.78 bits per heavy atom. The molecule has 0 saturated heterocycles. The summed E-state index contributed by atoms with van der Waals surface area (Å²) in [6.45, 7) is 1.46. The summed E-state index contributed by atoms with van der Waals surface area (Å²) in [6.07, 6.45) is 0.461. The van der Waals surface area contributed by atoms with E-state index >= 15 is 0 Å². The molecule has 8 nitrogen and oxygen atoms in total. The molecule has 0 spiro atoms. The molecule has 1 aliphatic heterocycles. The Morgan fingerprint density at radius 2 is 2.15 bits per heavy atom. The Labute approximate surface area is 161 Å². The third-order valence-electron chi connectivity index (χ3n) is 3.97. The van der Waals surface area contributed by atoms with Crippen LogP contribution in [0.25, 0.3) is 0 Å². The summed E-state index contributed by atoms with van der Waals surface area (Å²) in [7, 11) is 1.45. The molecule has 1 heterocycles. The third kappa shape index (κ3) is 5.28. The molecule has 0 atom stereocenters. The number of nitrogens with zero attached hydrogens (tertiary/aromatic N) is 4. The number of rotatable bonds is 6.